The second kappa shape index (κ2) is 6.81. The highest BCUT2D eigenvalue weighted by atomic mass is 31.3. The highest BCUT2D eigenvalue weighted by Gasteiger charge is 2.40. The Morgan fingerprint density at radius 2 is 0.625 bits per heavy atom. The van der Waals surface area contributed by atoms with E-state index < -0.39 is 46.9 Å². The van der Waals surface area contributed by atoms with Gasteiger partial charge >= 0.3 is 7.82 Å². The van der Waals surface area contributed by atoms with E-state index in [1.165, 1.54) is 0 Å². The van der Waals surface area contributed by atoms with Gasteiger partial charge in [0.15, 0.2) is 0 Å². The minimum absolute atomic E-state index is 2.95. The van der Waals surface area contributed by atoms with E-state index in [9.17, 15) is 51.9 Å². The molecule has 24 heavy (non-hydrogen) atoms. The van der Waals surface area contributed by atoms with E-state index in [-0.39, 0.29) is 0 Å². The highest BCUT2D eigenvalue weighted by molar-refractivity contribution is 7.74. The van der Waals surface area contributed by atoms with Gasteiger partial charge < -0.3 is 29.4 Å². The van der Waals surface area contributed by atoms with Crippen LogP contribution in [0.4, 0.5) is 0 Å². The Labute approximate surface area is 130 Å². The van der Waals surface area contributed by atoms with Crippen molar-refractivity contribution in [2.45, 2.75) is 0 Å². The summed E-state index contributed by atoms with van der Waals surface area (Å²) in [6.45, 7) is 0. The summed E-state index contributed by atoms with van der Waals surface area (Å²) in [6.07, 6.45) is 0. The molecule has 144 valence electrons. The van der Waals surface area contributed by atoms with Crippen molar-refractivity contribution in [3.63, 3.8) is 0 Å². The molecule has 1 heterocycles. The van der Waals surface area contributed by atoms with Gasteiger partial charge in [-0.3, -0.25) is 22.8 Å². The topological polar surface area (TPSA) is 293 Å². The fraction of sp³-hybridized carbons (Fsp3) is 0. The molecule has 0 aromatic heterocycles. The lowest BCUT2D eigenvalue weighted by molar-refractivity contribution is -0.254. The van der Waals surface area contributed by atoms with Crippen molar-refractivity contribution >= 4 is 46.9 Å². The van der Waals surface area contributed by atoms with E-state index in [0.717, 1.165) is 0 Å². The molecule has 0 spiro atoms. The van der Waals surface area contributed by atoms with E-state index in [1.807, 2.05) is 0 Å². The van der Waals surface area contributed by atoms with Crippen molar-refractivity contribution in [2.24, 2.45) is 0 Å². The minimum atomic E-state index is -6.54. The quantitative estimate of drug-likeness (QED) is 0.355. The molecule has 0 aromatic rings. The third-order valence-electron chi connectivity index (χ3n) is 1.21. The van der Waals surface area contributed by atoms with Crippen LogP contribution < -0.4 is 24.5 Å². The summed E-state index contributed by atoms with van der Waals surface area (Å²) >= 11 is 0. The normalized spacial score (nSPS) is 55.2. The van der Waals surface area contributed by atoms with Crippen LogP contribution in [0.5, 0.6) is 0 Å². The van der Waals surface area contributed by atoms with Crippen LogP contribution in [-0.4, -0.2) is 4.89 Å². The van der Waals surface area contributed by atoms with E-state index in [0.29, 0.717) is 0 Å². The van der Waals surface area contributed by atoms with Crippen LogP contribution >= 0.6 is 46.9 Å². The van der Waals surface area contributed by atoms with E-state index in [4.69, 9.17) is 4.89 Å². The van der Waals surface area contributed by atoms with Gasteiger partial charge in [0.2, 0.25) is 0 Å². The van der Waals surface area contributed by atoms with E-state index in [1.54, 1.807) is 0 Å². The fourth-order valence-corrected chi connectivity index (χ4v) is 9.10. The largest absolute Gasteiger partial charge is 0.756 e. The van der Waals surface area contributed by atoms with Crippen LogP contribution in [0.15, 0.2) is 0 Å². The molecule has 4 unspecified atom stereocenters. The van der Waals surface area contributed by atoms with Crippen molar-refractivity contribution in [1.29, 1.82) is 0 Å². The van der Waals surface area contributed by atoms with Crippen molar-refractivity contribution < 1.29 is 82.6 Å². The molecule has 0 aliphatic carbocycles. The molecule has 1 aliphatic heterocycles. The minimum Gasteiger partial charge on any atom is -0.756 e. The van der Waals surface area contributed by atoms with Gasteiger partial charge in [-0.25, -0.2) is 30.4 Å². The second-order valence-electron chi connectivity index (χ2n) is 3.19. The van der Waals surface area contributed by atoms with Gasteiger partial charge in [-0.1, -0.05) is 0 Å². The van der Waals surface area contributed by atoms with Crippen LogP contribution in [0.25, 0.3) is 0 Å². The second-order valence-corrected chi connectivity index (χ2v) is 12.5. The molecule has 4 atom stereocenters. The Balaban J connectivity index is 3.40. The maximum Gasteiger partial charge on any atom is 0.485 e. The van der Waals surface area contributed by atoms with Crippen molar-refractivity contribution in [3.05, 3.63) is 0 Å². The average Bonchev–Trinajstić information content (AvgIpc) is 1.98. The number of rotatable bonds is 0. The predicted octanol–water partition coefficient (Wildman–Crippen LogP) is -2.46. The summed E-state index contributed by atoms with van der Waals surface area (Å²) in [4.78, 5) is 63.8. The van der Waals surface area contributed by atoms with Crippen LogP contribution in [0.3, 0.4) is 0 Å². The Bertz CT molecular complexity index is 575. The predicted molar refractivity (Wildman–Crippen MR) is 54.4 cm³/mol. The molecule has 0 saturated carbocycles. The van der Waals surface area contributed by atoms with Crippen molar-refractivity contribution in [2.75, 3.05) is 0 Å². The zero-order valence-electron chi connectivity index (χ0n) is 10.1. The maximum atomic E-state index is 11.1. The lowest BCUT2D eigenvalue weighted by Gasteiger charge is -2.39. The molecule has 24 heteroatoms. The van der Waals surface area contributed by atoms with Gasteiger partial charge in [-0.15, -0.1) is 0 Å². The summed E-state index contributed by atoms with van der Waals surface area (Å²) in [5, 5.41) is 0. The first-order valence-corrected chi connectivity index (χ1v) is 13.2. The smallest absolute Gasteiger partial charge is 0.485 e. The van der Waals surface area contributed by atoms with Gasteiger partial charge in [0.25, 0.3) is 39.1 Å². The molecule has 1 N–H and O–H groups in total. The number of hydrogen-bond acceptors (Lipinski definition) is 17. The van der Waals surface area contributed by atoms with Gasteiger partial charge in [-0.2, -0.15) is 0 Å². The Morgan fingerprint density at radius 1 is 0.458 bits per heavy atom. The monoisotopic (exact) mass is 475 g/mol. The van der Waals surface area contributed by atoms with Gasteiger partial charge in [-0.05, 0) is 0 Å². The van der Waals surface area contributed by atoms with Gasteiger partial charge in [0, 0.05) is 0 Å². The zero-order chi connectivity index (χ0) is 19.2. The third-order valence-corrected chi connectivity index (χ3v) is 10.9. The van der Waals surface area contributed by atoms with Crippen LogP contribution in [0, 0.1) is 0 Å². The molecule has 18 nitrogen and oxygen atoms in total. The molecule has 0 amide bonds. The molecule has 1 rings (SSSR count). The van der Waals surface area contributed by atoms with E-state index >= 15 is 0 Å². The Morgan fingerprint density at radius 3 is 0.833 bits per heavy atom. The SMILES string of the molecule is O=P1([O-])OP(=O)([O-])OP(=O)([O-])OP(=O)(O)OP(=O)([O-])OP(=O)([O-])O1. The summed E-state index contributed by atoms with van der Waals surface area (Å²) in [7, 11) is -38.9. The molecule has 1 fully saturated rings. The number of hydrogen-bond donors (Lipinski definition) is 1. The zero-order valence-corrected chi connectivity index (χ0v) is 15.4. The van der Waals surface area contributed by atoms with Gasteiger partial charge in [0.05, 0.1) is 0 Å². The third kappa shape index (κ3) is 8.07. The standard InChI is InChI=1S/H6O18P6/c1-19(2)13-20(3,4)15-22(7,8)17-24(11,12)18-23(9,10)16-21(5,6)14-19/h(H,1,2)(H,3,4)(H,5,6)(H,7,8)(H,9,10)(H,11,12)/p-5. The molecule has 0 bridgehead atoms. The summed E-state index contributed by atoms with van der Waals surface area (Å²) < 4.78 is 84.0. The highest BCUT2D eigenvalue weighted by Crippen LogP contribution is 2.75. The first-order valence-electron chi connectivity index (χ1n) is 4.40. The first-order chi connectivity index (χ1) is 10.2. The molecule has 1 saturated heterocycles. The van der Waals surface area contributed by atoms with Crippen molar-refractivity contribution in [1.82, 2.24) is 0 Å². The van der Waals surface area contributed by atoms with Crippen LogP contribution in [0.2, 0.25) is 0 Å². The van der Waals surface area contributed by atoms with Crippen molar-refractivity contribution in [3.8, 4) is 0 Å². The van der Waals surface area contributed by atoms with E-state index in [2.05, 4.69) is 25.9 Å². The average molecular weight is 475 g/mol. The molecular formula is HO18P6-5. The summed E-state index contributed by atoms with van der Waals surface area (Å²) in [5.74, 6) is 0. The summed E-state index contributed by atoms with van der Waals surface area (Å²) in [5.41, 5.74) is 0. The Kier molecular flexibility index (Phi) is 6.51. The summed E-state index contributed by atoms with van der Waals surface area (Å²) in [6, 6.07) is 0. The molecule has 0 aromatic carbocycles. The molecule has 0 radical (unpaired) electrons. The van der Waals surface area contributed by atoms with Gasteiger partial charge in [0.1, 0.15) is 0 Å². The number of phosphoric acid groups is 6. The fourth-order valence-electron chi connectivity index (χ4n) is 0.832. The molecule has 1 aliphatic rings. The molecular weight excluding hydrogens is 474 g/mol. The lowest BCUT2D eigenvalue weighted by Crippen LogP contribution is -2.19. The maximum absolute atomic E-state index is 11.1. The van der Waals surface area contributed by atoms with Crippen LogP contribution in [0.1, 0.15) is 0 Å². The lowest BCUT2D eigenvalue weighted by atomic mass is 15.7. The van der Waals surface area contributed by atoms with Crippen LogP contribution in [-0.2, 0) is 53.3 Å². The first kappa shape index (κ1) is 22.9. The Hall–Kier alpha value is 0.900.